The molecule has 1 amide bonds. The molecule has 0 radical (unpaired) electrons. The van der Waals surface area contributed by atoms with E-state index in [1.54, 1.807) is 6.07 Å². The first-order valence-electron chi connectivity index (χ1n) is 5.85. The van der Waals surface area contributed by atoms with E-state index < -0.39 is 5.97 Å². The van der Waals surface area contributed by atoms with Gasteiger partial charge in [0.05, 0.1) is 7.11 Å². The summed E-state index contributed by atoms with van der Waals surface area (Å²) in [5, 5.41) is 3.08. The second-order valence-corrected chi connectivity index (χ2v) is 4.21. The Bertz CT molecular complexity index is 462. The van der Waals surface area contributed by atoms with Crippen molar-refractivity contribution in [2.24, 2.45) is 0 Å². The van der Waals surface area contributed by atoms with Crippen molar-refractivity contribution < 1.29 is 19.1 Å². The zero-order valence-electron chi connectivity index (χ0n) is 10.9. The second kappa shape index (κ2) is 7.63. The Morgan fingerprint density at radius 3 is 2.74 bits per heavy atom. The normalized spacial score (nSPS) is 9.84. The molecule has 0 aromatic heterocycles. The quantitative estimate of drug-likeness (QED) is 0.812. The molecule has 1 rings (SSSR count). The van der Waals surface area contributed by atoms with Crippen molar-refractivity contribution in [3.05, 3.63) is 28.8 Å². The van der Waals surface area contributed by atoms with Gasteiger partial charge in [0.15, 0.2) is 6.61 Å². The monoisotopic (exact) mass is 285 g/mol. The molecule has 6 heteroatoms. The maximum Gasteiger partial charge on any atom is 0.341 e. The third-order valence-electron chi connectivity index (χ3n) is 2.28. The average Bonchev–Trinajstić information content (AvgIpc) is 2.42. The van der Waals surface area contributed by atoms with Crippen LogP contribution in [-0.4, -0.2) is 32.1 Å². The van der Waals surface area contributed by atoms with Gasteiger partial charge in [-0.25, -0.2) is 4.79 Å². The molecule has 0 unspecified atom stereocenters. The topological polar surface area (TPSA) is 64.6 Å². The van der Waals surface area contributed by atoms with E-state index in [4.69, 9.17) is 16.3 Å². The van der Waals surface area contributed by atoms with E-state index in [1.807, 2.05) is 6.92 Å². The summed E-state index contributed by atoms with van der Waals surface area (Å²) in [5.41, 5.74) is 0.232. The van der Waals surface area contributed by atoms with Gasteiger partial charge in [0.25, 0.3) is 5.91 Å². The van der Waals surface area contributed by atoms with Crippen LogP contribution in [0, 0.1) is 0 Å². The minimum Gasteiger partial charge on any atom is -0.483 e. The third-order valence-corrected chi connectivity index (χ3v) is 2.51. The minimum absolute atomic E-state index is 0.176. The van der Waals surface area contributed by atoms with Crippen LogP contribution in [0.15, 0.2) is 18.2 Å². The molecule has 0 spiro atoms. The molecule has 1 aromatic carbocycles. The van der Waals surface area contributed by atoms with Crippen LogP contribution >= 0.6 is 11.6 Å². The zero-order chi connectivity index (χ0) is 14.3. The van der Waals surface area contributed by atoms with Crippen molar-refractivity contribution in [3.63, 3.8) is 0 Å². The van der Waals surface area contributed by atoms with Gasteiger partial charge in [-0.1, -0.05) is 18.5 Å². The van der Waals surface area contributed by atoms with Crippen molar-refractivity contribution in [3.8, 4) is 5.75 Å². The highest BCUT2D eigenvalue weighted by Crippen LogP contribution is 2.24. The maximum atomic E-state index is 11.5. The van der Waals surface area contributed by atoms with Gasteiger partial charge in [0.2, 0.25) is 0 Å². The van der Waals surface area contributed by atoms with E-state index in [9.17, 15) is 9.59 Å². The van der Waals surface area contributed by atoms with E-state index in [0.29, 0.717) is 11.6 Å². The van der Waals surface area contributed by atoms with E-state index in [0.717, 1.165) is 6.42 Å². The second-order valence-electron chi connectivity index (χ2n) is 3.77. The van der Waals surface area contributed by atoms with Gasteiger partial charge in [-0.15, -0.1) is 0 Å². The molecule has 1 aromatic rings. The van der Waals surface area contributed by atoms with Gasteiger partial charge in [-0.05, 0) is 24.6 Å². The van der Waals surface area contributed by atoms with Crippen LogP contribution in [0.3, 0.4) is 0 Å². The highest BCUT2D eigenvalue weighted by molar-refractivity contribution is 6.30. The molecule has 0 saturated carbocycles. The van der Waals surface area contributed by atoms with Gasteiger partial charge in [0.1, 0.15) is 11.3 Å². The van der Waals surface area contributed by atoms with E-state index in [1.165, 1.54) is 19.2 Å². The molecule has 0 atom stereocenters. The highest BCUT2D eigenvalue weighted by atomic mass is 35.5. The molecular formula is C13H16ClNO4. The van der Waals surface area contributed by atoms with E-state index in [-0.39, 0.29) is 23.8 Å². The van der Waals surface area contributed by atoms with E-state index >= 15 is 0 Å². The predicted molar refractivity (Wildman–Crippen MR) is 71.6 cm³/mol. The smallest absolute Gasteiger partial charge is 0.341 e. The van der Waals surface area contributed by atoms with Gasteiger partial charge < -0.3 is 14.8 Å². The number of hydrogen-bond donors (Lipinski definition) is 1. The summed E-state index contributed by atoms with van der Waals surface area (Å²) in [6.45, 7) is 2.36. The van der Waals surface area contributed by atoms with Gasteiger partial charge >= 0.3 is 5.97 Å². The molecule has 104 valence electrons. The first-order chi connectivity index (χ1) is 9.08. The summed E-state index contributed by atoms with van der Waals surface area (Å²) in [4.78, 5) is 22.9. The Hall–Kier alpha value is -1.75. The number of carbonyl (C=O) groups excluding carboxylic acids is 2. The Kier molecular flexibility index (Phi) is 6.15. The number of halogens is 1. The highest BCUT2D eigenvalue weighted by Gasteiger charge is 2.14. The van der Waals surface area contributed by atoms with E-state index in [2.05, 4.69) is 10.1 Å². The number of rotatable bonds is 6. The number of ether oxygens (including phenoxy) is 2. The number of carbonyl (C=O) groups is 2. The number of methoxy groups -OCH3 is 1. The van der Waals surface area contributed by atoms with Crippen LogP contribution in [0.25, 0.3) is 0 Å². The molecule has 0 saturated heterocycles. The molecule has 0 aliphatic carbocycles. The summed E-state index contributed by atoms with van der Waals surface area (Å²) in [6, 6.07) is 4.52. The van der Waals surface area contributed by atoms with Crippen LogP contribution < -0.4 is 10.1 Å². The molecule has 0 aliphatic rings. The molecule has 5 nitrogen and oxygen atoms in total. The molecule has 0 fully saturated rings. The van der Waals surface area contributed by atoms with Gasteiger partial charge in [0, 0.05) is 11.6 Å². The van der Waals surface area contributed by atoms with Crippen molar-refractivity contribution in [1.29, 1.82) is 0 Å². The molecule has 0 heterocycles. The number of benzene rings is 1. The summed E-state index contributed by atoms with van der Waals surface area (Å²) in [7, 11) is 1.27. The maximum absolute atomic E-state index is 11.5. The Labute approximate surface area is 116 Å². The Morgan fingerprint density at radius 2 is 2.11 bits per heavy atom. The summed E-state index contributed by atoms with van der Waals surface area (Å²) in [6.07, 6.45) is 0.844. The van der Waals surface area contributed by atoms with Crippen molar-refractivity contribution in [1.82, 2.24) is 5.32 Å². The first kappa shape index (κ1) is 15.3. The summed E-state index contributed by atoms with van der Waals surface area (Å²) >= 11 is 5.83. The Morgan fingerprint density at radius 1 is 1.37 bits per heavy atom. The predicted octanol–water partition coefficient (Wildman–Crippen LogP) is 2.03. The lowest BCUT2D eigenvalue weighted by molar-refractivity contribution is -0.123. The van der Waals surface area contributed by atoms with Gasteiger partial charge in [-0.2, -0.15) is 0 Å². The number of esters is 1. The number of amides is 1. The summed E-state index contributed by atoms with van der Waals surface area (Å²) < 4.78 is 9.93. The lowest BCUT2D eigenvalue weighted by atomic mass is 10.2. The average molecular weight is 286 g/mol. The third kappa shape index (κ3) is 4.79. The zero-order valence-corrected chi connectivity index (χ0v) is 11.6. The SMILES string of the molecule is CCCNC(=O)COc1cc(Cl)ccc1C(=O)OC. The largest absolute Gasteiger partial charge is 0.483 e. The standard InChI is InChI=1S/C13H16ClNO4/c1-3-6-15-12(16)8-19-11-7-9(14)4-5-10(11)13(17)18-2/h4-5,7H,3,6,8H2,1-2H3,(H,15,16). The lowest BCUT2D eigenvalue weighted by Crippen LogP contribution is -2.29. The van der Waals surface area contributed by atoms with Crippen LogP contribution in [0.5, 0.6) is 5.75 Å². The molecular weight excluding hydrogens is 270 g/mol. The van der Waals surface area contributed by atoms with Crippen molar-refractivity contribution in [2.75, 3.05) is 20.3 Å². The minimum atomic E-state index is -0.541. The molecule has 0 aliphatic heterocycles. The first-order valence-corrected chi connectivity index (χ1v) is 6.23. The lowest BCUT2D eigenvalue weighted by Gasteiger charge is -2.10. The summed E-state index contributed by atoms with van der Waals surface area (Å²) in [5.74, 6) is -0.565. The fourth-order valence-corrected chi connectivity index (χ4v) is 1.52. The van der Waals surface area contributed by atoms with Crippen LogP contribution in [0.2, 0.25) is 5.02 Å². The van der Waals surface area contributed by atoms with Crippen LogP contribution in [0.1, 0.15) is 23.7 Å². The van der Waals surface area contributed by atoms with Crippen molar-refractivity contribution in [2.45, 2.75) is 13.3 Å². The Balaban J connectivity index is 2.73. The molecule has 0 bridgehead atoms. The molecule has 19 heavy (non-hydrogen) atoms. The van der Waals surface area contributed by atoms with Crippen LogP contribution in [-0.2, 0) is 9.53 Å². The fourth-order valence-electron chi connectivity index (χ4n) is 1.35. The number of hydrogen-bond acceptors (Lipinski definition) is 4. The van der Waals surface area contributed by atoms with Crippen LogP contribution in [0.4, 0.5) is 0 Å². The van der Waals surface area contributed by atoms with Crippen molar-refractivity contribution >= 4 is 23.5 Å². The number of nitrogens with one attached hydrogen (secondary N) is 1. The fraction of sp³-hybridized carbons (Fsp3) is 0.385. The van der Waals surface area contributed by atoms with Gasteiger partial charge in [-0.3, -0.25) is 4.79 Å². The molecule has 1 N–H and O–H groups in total.